The van der Waals surface area contributed by atoms with Gasteiger partial charge in [0, 0.05) is 5.57 Å². The molecule has 3 heteroatoms. The fraction of sp³-hybridized carbons (Fsp3) is 0.600. The first-order chi connectivity index (χ1) is 8.52. The molecule has 2 rings (SSSR count). The topological polar surface area (TPSA) is 54.4 Å². The normalized spacial score (nSPS) is 32.3. The lowest BCUT2D eigenvalue weighted by Crippen LogP contribution is -2.23. The van der Waals surface area contributed by atoms with Crippen LogP contribution >= 0.6 is 0 Å². The molecule has 0 aromatic carbocycles. The maximum absolute atomic E-state index is 11.0. The molecule has 2 aliphatic rings. The Kier molecular flexibility index (Phi) is 3.69. The zero-order chi connectivity index (χ0) is 13.3. The molecule has 0 aromatic heterocycles. The number of hydrogen-bond donors (Lipinski definition) is 1. The van der Waals surface area contributed by atoms with Gasteiger partial charge in [0.15, 0.2) is 0 Å². The molecule has 0 unspecified atom stereocenters. The largest absolute Gasteiger partial charge is 0.478 e. The molecule has 0 aliphatic heterocycles. The predicted octanol–water partition coefficient (Wildman–Crippen LogP) is 2.97. The Morgan fingerprint density at radius 3 is 2.78 bits per heavy atom. The summed E-state index contributed by atoms with van der Waals surface area (Å²) in [5, 5.41) is 8.93. The maximum Gasteiger partial charge on any atom is 0.330 e. The van der Waals surface area contributed by atoms with Crippen LogP contribution in [-0.2, 0) is 9.59 Å². The minimum absolute atomic E-state index is 0.274. The second-order valence-electron chi connectivity index (χ2n) is 5.65. The van der Waals surface area contributed by atoms with Crippen LogP contribution in [0.2, 0.25) is 0 Å². The minimum atomic E-state index is -0.846. The number of aldehydes is 1. The number of carbonyl (C=O) groups is 2. The van der Waals surface area contributed by atoms with E-state index in [0.29, 0.717) is 17.4 Å². The molecule has 18 heavy (non-hydrogen) atoms. The molecule has 0 saturated heterocycles. The number of fused-ring (bicyclic) bond motifs is 1. The quantitative estimate of drug-likeness (QED) is 0.617. The van der Waals surface area contributed by atoms with Crippen LogP contribution in [0.25, 0.3) is 0 Å². The van der Waals surface area contributed by atoms with Crippen molar-refractivity contribution >= 4 is 12.3 Å². The van der Waals surface area contributed by atoms with E-state index in [4.69, 9.17) is 5.11 Å². The van der Waals surface area contributed by atoms with Crippen LogP contribution in [0.5, 0.6) is 0 Å². The molecule has 0 radical (unpaired) electrons. The molecule has 0 amide bonds. The number of allylic oxidation sites excluding steroid dienone is 3. The third kappa shape index (κ3) is 2.40. The van der Waals surface area contributed by atoms with Gasteiger partial charge in [0.25, 0.3) is 0 Å². The fourth-order valence-electron chi connectivity index (χ4n) is 3.49. The Bertz CT molecular complexity index is 431. The van der Waals surface area contributed by atoms with Crippen LogP contribution in [0.1, 0.15) is 39.5 Å². The zero-order valence-electron chi connectivity index (χ0n) is 11.0. The van der Waals surface area contributed by atoms with Crippen LogP contribution in [0, 0.1) is 17.8 Å². The van der Waals surface area contributed by atoms with E-state index in [1.165, 1.54) is 5.57 Å². The van der Waals surface area contributed by atoms with Crippen molar-refractivity contribution in [2.24, 2.45) is 17.8 Å². The monoisotopic (exact) mass is 248 g/mol. The van der Waals surface area contributed by atoms with Crippen molar-refractivity contribution in [2.45, 2.75) is 39.5 Å². The number of carboxylic acid groups (broad SMARTS) is 1. The summed E-state index contributed by atoms with van der Waals surface area (Å²) in [5.41, 5.74) is 2.68. The highest BCUT2D eigenvalue weighted by atomic mass is 16.4. The summed E-state index contributed by atoms with van der Waals surface area (Å²) < 4.78 is 0. The summed E-state index contributed by atoms with van der Waals surface area (Å²) in [6, 6.07) is 0. The molecule has 0 heterocycles. The Balaban J connectivity index is 2.21. The highest BCUT2D eigenvalue weighted by molar-refractivity contribution is 5.85. The van der Waals surface area contributed by atoms with Crippen molar-refractivity contribution in [3.05, 3.63) is 22.8 Å². The molecule has 98 valence electrons. The summed E-state index contributed by atoms with van der Waals surface area (Å²) in [4.78, 5) is 21.9. The SMILES string of the molecule is CC(=C[C@@H]1CC2=C(C=O)CC[C@H]2[C@@H](C)C1)C(=O)O. The molecule has 0 spiro atoms. The predicted molar refractivity (Wildman–Crippen MR) is 69.1 cm³/mol. The average molecular weight is 248 g/mol. The van der Waals surface area contributed by atoms with E-state index in [9.17, 15) is 9.59 Å². The lowest BCUT2D eigenvalue weighted by molar-refractivity contribution is -0.132. The molecular weight excluding hydrogens is 228 g/mol. The van der Waals surface area contributed by atoms with Gasteiger partial charge in [0.05, 0.1) is 0 Å². The second-order valence-corrected chi connectivity index (χ2v) is 5.65. The van der Waals surface area contributed by atoms with E-state index in [1.807, 2.05) is 6.08 Å². The Morgan fingerprint density at radius 2 is 2.17 bits per heavy atom. The van der Waals surface area contributed by atoms with E-state index >= 15 is 0 Å². The number of carbonyl (C=O) groups excluding carboxylic acids is 1. The Hall–Kier alpha value is -1.38. The highest BCUT2D eigenvalue weighted by Crippen LogP contribution is 2.46. The summed E-state index contributed by atoms with van der Waals surface area (Å²) in [6.45, 7) is 3.86. The van der Waals surface area contributed by atoms with Crippen molar-refractivity contribution in [1.29, 1.82) is 0 Å². The second kappa shape index (κ2) is 5.09. The molecule has 3 nitrogen and oxygen atoms in total. The van der Waals surface area contributed by atoms with Crippen molar-refractivity contribution in [3.63, 3.8) is 0 Å². The van der Waals surface area contributed by atoms with Crippen LogP contribution in [-0.4, -0.2) is 17.4 Å². The van der Waals surface area contributed by atoms with Crippen LogP contribution in [0.4, 0.5) is 0 Å². The van der Waals surface area contributed by atoms with Gasteiger partial charge >= 0.3 is 5.97 Å². The fourth-order valence-corrected chi connectivity index (χ4v) is 3.49. The lowest BCUT2D eigenvalue weighted by atomic mass is 9.72. The highest BCUT2D eigenvalue weighted by Gasteiger charge is 2.35. The zero-order valence-corrected chi connectivity index (χ0v) is 11.0. The van der Waals surface area contributed by atoms with Crippen molar-refractivity contribution < 1.29 is 14.7 Å². The van der Waals surface area contributed by atoms with Crippen molar-refractivity contribution in [1.82, 2.24) is 0 Å². The number of aliphatic carboxylic acids is 1. The third-order valence-corrected chi connectivity index (χ3v) is 4.39. The molecule has 2 aliphatic carbocycles. The van der Waals surface area contributed by atoms with E-state index in [1.54, 1.807) is 6.92 Å². The molecule has 0 bridgehead atoms. The van der Waals surface area contributed by atoms with E-state index in [-0.39, 0.29) is 5.92 Å². The maximum atomic E-state index is 11.0. The molecule has 1 saturated carbocycles. The van der Waals surface area contributed by atoms with E-state index in [2.05, 4.69) is 6.92 Å². The minimum Gasteiger partial charge on any atom is -0.478 e. The van der Waals surface area contributed by atoms with Crippen LogP contribution in [0.15, 0.2) is 22.8 Å². The third-order valence-electron chi connectivity index (χ3n) is 4.39. The molecule has 0 aromatic rings. The molecule has 1 fully saturated rings. The smallest absolute Gasteiger partial charge is 0.330 e. The number of rotatable bonds is 3. The van der Waals surface area contributed by atoms with Crippen LogP contribution < -0.4 is 0 Å². The van der Waals surface area contributed by atoms with Gasteiger partial charge in [0.2, 0.25) is 0 Å². The van der Waals surface area contributed by atoms with Crippen molar-refractivity contribution in [3.8, 4) is 0 Å². The van der Waals surface area contributed by atoms with Crippen LogP contribution in [0.3, 0.4) is 0 Å². The number of hydrogen-bond acceptors (Lipinski definition) is 2. The Labute approximate surface area is 108 Å². The van der Waals surface area contributed by atoms with Gasteiger partial charge in [-0.1, -0.05) is 18.6 Å². The summed E-state index contributed by atoms with van der Waals surface area (Å²) in [5.74, 6) is 0.533. The first-order valence-electron chi connectivity index (χ1n) is 6.61. The Morgan fingerprint density at radius 1 is 1.44 bits per heavy atom. The van der Waals surface area contributed by atoms with Gasteiger partial charge in [-0.3, -0.25) is 4.79 Å². The van der Waals surface area contributed by atoms with Gasteiger partial charge in [-0.2, -0.15) is 0 Å². The van der Waals surface area contributed by atoms with E-state index < -0.39 is 5.97 Å². The lowest BCUT2D eigenvalue weighted by Gasteiger charge is -2.33. The van der Waals surface area contributed by atoms with Gasteiger partial charge in [-0.25, -0.2) is 4.79 Å². The summed E-state index contributed by atoms with van der Waals surface area (Å²) in [7, 11) is 0. The van der Waals surface area contributed by atoms with Gasteiger partial charge in [0.1, 0.15) is 6.29 Å². The standard InChI is InChI=1S/C15H20O3/c1-9-5-11(6-10(2)15(17)18)7-14-12(8-16)3-4-13(9)14/h6,8-9,11,13H,3-5,7H2,1-2H3,(H,17,18)/t9-,11+,13-/m0/s1. The van der Waals surface area contributed by atoms with Gasteiger partial charge in [-0.15, -0.1) is 0 Å². The van der Waals surface area contributed by atoms with E-state index in [0.717, 1.165) is 37.5 Å². The first-order valence-corrected chi connectivity index (χ1v) is 6.61. The summed E-state index contributed by atoms with van der Waals surface area (Å²) >= 11 is 0. The first kappa shape index (κ1) is 13.1. The van der Waals surface area contributed by atoms with Gasteiger partial charge < -0.3 is 5.11 Å². The average Bonchev–Trinajstić information content (AvgIpc) is 2.72. The molecule has 3 atom stereocenters. The van der Waals surface area contributed by atoms with Gasteiger partial charge in [-0.05, 0) is 55.9 Å². The summed E-state index contributed by atoms with van der Waals surface area (Å²) in [6.07, 6.45) is 6.76. The molecule has 1 N–H and O–H groups in total. The van der Waals surface area contributed by atoms with Crippen molar-refractivity contribution in [2.75, 3.05) is 0 Å². The molecular formula is C15H20O3. The number of carboxylic acids is 1.